The largest absolute Gasteiger partial charge is 0.455 e. The molecule has 0 N–H and O–H groups in total. The molecule has 0 spiro atoms. The van der Waals surface area contributed by atoms with Crippen molar-refractivity contribution in [2.75, 3.05) is 4.90 Å². The summed E-state index contributed by atoms with van der Waals surface area (Å²) in [6, 6.07) is 72.7. The van der Waals surface area contributed by atoms with Crippen LogP contribution in [0, 0.1) is 0 Å². The van der Waals surface area contributed by atoms with Gasteiger partial charge in [-0.1, -0.05) is 159 Å². The maximum atomic E-state index is 6.76. The number of nitrogens with zero attached hydrogens (tertiary/aromatic N) is 1. The molecule has 270 valence electrons. The van der Waals surface area contributed by atoms with Gasteiger partial charge in [0.25, 0.3) is 0 Å². The monoisotopic (exact) mass is 729 g/mol. The molecular weight excluding hydrogens is 691 g/mol. The summed E-state index contributed by atoms with van der Waals surface area (Å²) in [6.45, 7) is 4.71. The summed E-state index contributed by atoms with van der Waals surface area (Å²) < 4.78 is 6.76. The van der Waals surface area contributed by atoms with Crippen LogP contribution in [0.4, 0.5) is 17.1 Å². The van der Waals surface area contributed by atoms with E-state index in [0.29, 0.717) is 0 Å². The van der Waals surface area contributed by atoms with Crippen molar-refractivity contribution in [2.45, 2.75) is 19.3 Å². The third-order valence-electron chi connectivity index (χ3n) is 12.0. The first kappa shape index (κ1) is 33.2. The first-order chi connectivity index (χ1) is 28.0. The molecule has 10 aromatic rings. The Kier molecular flexibility index (Phi) is 7.55. The average Bonchev–Trinajstić information content (AvgIpc) is 3.75. The molecule has 0 amide bonds. The lowest BCUT2D eigenvalue weighted by molar-refractivity contribution is 0.660. The van der Waals surface area contributed by atoms with Crippen molar-refractivity contribution in [3.05, 3.63) is 211 Å². The number of rotatable bonds is 6. The van der Waals surface area contributed by atoms with Gasteiger partial charge in [0, 0.05) is 38.6 Å². The van der Waals surface area contributed by atoms with Crippen LogP contribution in [-0.4, -0.2) is 0 Å². The molecule has 1 aliphatic rings. The minimum atomic E-state index is -0.145. The number of hydrogen-bond donors (Lipinski definition) is 0. The van der Waals surface area contributed by atoms with Crippen molar-refractivity contribution >= 4 is 49.8 Å². The smallest absolute Gasteiger partial charge is 0.143 e. The van der Waals surface area contributed by atoms with Gasteiger partial charge in [0.05, 0.1) is 0 Å². The number of anilines is 3. The van der Waals surface area contributed by atoms with E-state index in [1.54, 1.807) is 0 Å². The zero-order valence-corrected chi connectivity index (χ0v) is 31.9. The predicted octanol–water partition coefficient (Wildman–Crippen LogP) is 15.5. The first-order valence-electron chi connectivity index (χ1n) is 19.8. The topological polar surface area (TPSA) is 16.4 Å². The Hall–Kier alpha value is -7.16. The fraction of sp³-hybridized carbons (Fsp3) is 0.0545. The second-order valence-corrected chi connectivity index (χ2v) is 15.7. The molecule has 0 atom stereocenters. The van der Waals surface area contributed by atoms with Gasteiger partial charge in [-0.2, -0.15) is 0 Å². The fourth-order valence-corrected chi connectivity index (χ4v) is 9.20. The van der Waals surface area contributed by atoms with Gasteiger partial charge < -0.3 is 9.32 Å². The Morgan fingerprint density at radius 2 is 0.912 bits per heavy atom. The van der Waals surface area contributed by atoms with Crippen LogP contribution < -0.4 is 4.90 Å². The summed E-state index contributed by atoms with van der Waals surface area (Å²) in [5.41, 5.74) is 17.3. The highest BCUT2D eigenvalue weighted by atomic mass is 16.3. The summed E-state index contributed by atoms with van der Waals surface area (Å²) in [4.78, 5) is 2.44. The van der Waals surface area contributed by atoms with E-state index >= 15 is 0 Å². The molecule has 1 aliphatic carbocycles. The van der Waals surface area contributed by atoms with Gasteiger partial charge in [-0.25, -0.2) is 0 Å². The summed E-state index contributed by atoms with van der Waals surface area (Å²) in [6.07, 6.45) is 0. The molecule has 2 nitrogen and oxygen atoms in total. The van der Waals surface area contributed by atoms with Crippen LogP contribution in [0.3, 0.4) is 0 Å². The van der Waals surface area contributed by atoms with Crippen LogP contribution in [0.25, 0.3) is 77.2 Å². The van der Waals surface area contributed by atoms with Gasteiger partial charge in [-0.15, -0.1) is 0 Å². The lowest BCUT2D eigenvalue weighted by Crippen LogP contribution is -2.16. The number of furan rings is 1. The molecule has 0 saturated carbocycles. The highest BCUT2D eigenvalue weighted by Crippen LogP contribution is 2.51. The highest BCUT2D eigenvalue weighted by molar-refractivity contribution is 6.19. The van der Waals surface area contributed by atoms with Crippen LogP contribution in [0.1, 0.15) is 25.0 Å². The Morgan fingerprint density at radius 3 is 1.61 bits per heavy atom. The summed E-state index contributed by atoms with van der Waals surface area (Å²) in [5, 5.41) is 4.50. The van der Waals surface area contributed by atoms with Crippen LogP contribution in [0.5, 0.6) is 0 Å². The van der Waals surface area contributed by atoms with E-state index < -0.39 is 0 Å². The Bertz CT molecular complexity index is 3080. The molecule has 1 heterocycles. The summed E-state index contributed by atoms with van der Waals surface area (Å²) >= 11 is 0. The average molecular weight is 730 g/mol. The van der Waals surface area contributed by atoms with E-state index in [2.05, 4.69) is 219 Å². The van der Waals surface area contributed by atoms with Gasteiger partial charge in [0.2, 0.25) is 0 Å². The zero-order valence-electron chi connectivity index (χ0n) is 31.9. The van der Waals surface area contributed by atoms with E-state index in [0.717, 1.165) is 44.4 Å². The molecule has 11 rings (SSSR count). The lowest BCUT2D eigenvalue weighted by atomic mass is 9.82. The van der Waals surface area contributed by atoms with Crippen molar-refractivity contribution in [3.8, 4) is 44.5 Å². The first-order valence-corrected chi connectivity index (χ1v) is 19.8. The second kappa shape index (κ2) is 13.0. The van der Waals surface area contributed by atoms with Crippen molar-refractivity contribution in [1.82, 2.24) is 0 Å². The molecule has 1 aromatic heterocycles. The molecule has 0 radical (unpaired) electrons. The zero-order chi connectivity index (χ0) is 38.1. The standard InChI is InChI=1S/C55H39NO/c1-55(2)51-25-15-14-23-45(51)46-28-26-42(34-52(46)55)56(43-31-39(36-16-6-3-7-17-36)30-40(32-43)37-18-8-4-9-19-37)41-27-29-53-49(33-41)50-35-48(38-20-10-5-11-21-38)44-22-12-13-24-47(44)54(50)57-53/h3-35H,1-2H3. The van der Waals surface area contributed by atoms with Crippen molar-refractivity contribution in [2.24, 2.45) is 0 Å². The fourth-order valence-electron chi connectivity index (χ4n) is 9.20. The van der Waals surface area contributed by atoms with Crippen molar-refractivity contribution in [3.63, 3.8) is 0 Å². The second-order valence-electron chi connectivity index (χ2n) is 15.7. The maximum absolute atomic E-state index is 6.76. The maximum Gasteiger partial charge on any atom is 0.143 e. The number of hydrogen-bond acceptors (Lipinski definition) is 2. The van der Waals surface area contributed by atoms with Gasteiger partial charge in [0.15, 0.2) is 0 Å². The molecule has 0 aliphatic heterocycles. The minimum absolute atomic E-state index is 0.145. The van der Waals surface area contributed by atoms with E-state index in [4.69, 9.17) is 4.42 Å². The molecule has 0 saturated heterocycles. The van der Waals surface area contributed by atoms with Crippen LogP contribution in [0.15, 0.2) is 205 Å². The Morgan fingerprint density at radius 1 is 0.351 bits per heavy atom. The van der Waals surface area contributed by atoms with Gasteiger partial charge >= 0.3 is 0 Å². The quantitative estimate of drug-likeness (QED) is 0.169. The van der Waals surface area contributed by atoms with E-state index in [-0.39, 0.29) is 5.41 Å². The van der Waals surface area contributed by atoms with Gasteiger partial charge in [0.1, 0.15) is 11.2 Å². The summed E-state index contributed by atoms with van der Waals surface area (Å²) in [5.74, 6) is 0. The lowest BCUT2D eigenvalue weighted by Gasteiger charge is -2.29. The molecule has 0 bridgehead atoms. The SMILES string of the molecule is CC1(C)c2ccccc2-c2ccc(N(c3cc(-c4ccccc4)cc(-c4ccccc4)c3)c3ccc4oc5c6ccccc6c(-c6ccccc6)cc5c4c3)cc21. The van der Waals surface area contributed by atoms with E-state index in [1.807, 2.05) is 0 Å². The van der Waals surface area contributed by atoms with Crippen molar-refractivity contribution in [1.29, 1.82) is 0 Å². The molecule has 9 aromatic carbocycles. The van der Waals surface area contributed by atoms with Crippen LogP contribution in [0.2, 0.25) is 0 Å². The van der Waals surface area contributed by atoms with Gasteiger partial charge in [-0.05, 0) is 116 Å². The third kappa shape index (κ3) is 5.40. The van der Waals surface area contributed by atoms with Crippen molar-refractivity contribution < 1.29 is 4.42 Å². The summed E-state index contributed by atoms with van der Waals surface area (Å²) in [7, 11) is 0. The van der Waals surface area contributed by atoms with Crippen LogP contribution in [-0.2, 0) is 5.41 Å². The Balaban J connectivity index is 1.18. The Labute approximate surface area is 332 Å². The van der Waals surface area contributed by atoms with Gasteiger partial charge in [-0.3, -0.25) is 0 Å². The van der Waals surface area contributed by atoms with E-state index in [9.17, 15) is 0 Å². The molecule has 2 heteroatoms. The molecule has 0 fully saturated rings. The molecule has 0 unspecified atom stereocenters. The normalized spacial score (nSPS) is 12.9. The minimum Gasteiger partial charge on any atom is -0.455 e. The third-order valence-corrected chi connectivity index (χ3v) is 12.0. The predicted molar refractivity (Wildman–Crippen MR) is 240 cm³/mol. The van der Waals surface area contributed by atoms with E-state index in [1.165, 1.54) is 61.0 Å². The highest BCUT2D eigenvalue weighted by Gasteiger charge is 2.36. The molecular formula is C55H39NO. The number of fused-ring (bicyclic) bond motifs is 8. The number of benzene rings is 9. The molecule has 57 heavy (non-hydrogen) atoms. The van der Waals surface area contributed by atoms with Crippen LogP contribution >= 0.6 is 0 Å².